The van der Waals surface area contributed by atoms with Crippen molar-refractivity contribution in [2.75, 3.05) is 19.7 Å². The first-order chi connectivity index (χ1) is 12.7. The summed E-state index contributed by atoms with van der Waals surface area (Å²) in [6.45, 7) is 3.96. The zero-order chi connectivity index (χ0) is 17.9. The number of carbonyl (C=O) groups excluding carboxylic acids is 1. The van der Waals surface area contributed by atoms with Crippen molar-refractivity contribution in [1.29, 1.82) is 0 Å². The van der Waals surface area contributed by atoms with Gasteiger partial charge in [0.25, 0.3) is 0 Å². The Hall–Kier alpha value is -2.44. The Morgan fingerprint density at radius 2 is 1.96 bits per heavy atom. The number of hydrogen-bond acceptors (Lipinski definition) is 6. The average Bonchev–Trinajstić information content (AvgIpc) is 3.12. The van der Waals surface area contributed by atoms with Crippen molar-refractivity contribution in [1.82, 2.24) is 9.88 Å². The maximum absolute atomic E-state index is 11.5. The molecule has 0 radical (unpaired) electrons. The van der Waals surface area contributed by atoms with Crippen LogP contribution in [0.25, 0.3) is 0 Å². The molecule has 0 unspecified atom stereocenters. The van der Waals surface area contributed by atoms with Gasteiger partial charge in [0, 0.05) is 43.4 Å². The van der Waals surface area contributed by atoms with E-state index in [1.807, 2.05) is 0 Å². The van der Waals surface area contributed by atoms with Crippen LogP contribution in [0.4, 0.5) is 0 Å². The van der Waals surface area contributed by atoms with Crippen LogP contribution in [0.2, 0.25) is 0 Å². The van der Waals surface area contributed by atoms with Crippen molar-refractivity contribution < 1.29 is 14.7 Å². The van der Waals surface area contributed by atoms with Gasteiger partial charge in [0.1, 0.15) is 6.21 Å². The number of likely N-dealkylation sites (tertiary alicyclic amines) is 1. The lowest BCUT2D eigenvalue weighted by Gasteiger charge is -2.19. The van der Waals surface area contributed by atoms with E-state index in [0.717, 1.165) is 37.7 Å². The number of rotatable bonds is 7. The number of ketones is 1. The summed E-state index contributed by atoms with van der Waals surface area (Å²) in [6, 6.07) is 13.9. The molecule has 6 nitrogen and oxygen atoms in total. The monoisotopic (exact) mass is 387 g/mol. The Labute approximate surface area is 164 Å². The number of halogens is 1. The molecule has 1 aliphatic heterocycles. The number of fused-ring (bicyclic) bond motifs is 1. The summed E-state index contributed by atoms with van der Waals surface area (Å²) in [5.74, 6) is 2.18. The Kier molecular flexibility index (Phi) is 6.08. The van der Waals surface area contributed by atoms with Gasteiger partial charge in [-0.25, -0.2) is 4.98 Å². The summed E-state index contributed by atoms with van der Waals surface area (Å²) >= 11 is 0. The topological polar surface area (TPSA) is 75.0 Å². The fraction of sp³-hybridized carbons (Fsp3) is 0.350. The second-order valence-corrected chi connectivity index (χ2v) is 6.98. The van der Waals surface area contributed by atoms with Gasteiger partial charge in [-0.15, -0.1) is 12.4 Å². The highest BCUT2D eigenvalue weighted by atomic mass is 35.5. The largest absolute Gasteiger partial charge is 0.477 e. The molecule has 2 heterocycles. The van der Waals surface area contributed by atoms with E-state index in [4.69, 9.17) is 9.94 Å². The van der Waals surface area contributed by atoms with Crippen molar-refractivity contribution in [3.8, 4) is 5.88 Å². The normalized spacial score (nSPS) is 23.6. The lowest BCUT2D eigenvalue weighted by Crippen LogP contribution is -2.25. The van der Waals surface area contributed by atoms with Gasteiger partial charge in [-0.05, 0) is 23.5 Å². The van der Waals surface area contributed by atoms with Crippen LogP contribution in [0.3, 0.4) is 0 Å². The number of carbonyl (C=O) groups is 1. The first kappa shape index (κ1) is 19.3. The SMILES string of the molecule is Cl.O=C(/C=N/O)c1ccc(OC[C@@H]2[C@H]3CN(Cc4ccccc4)C[C@@H]23)nc1. The summed E-state index contributed by atoms with van der Waals surface area (Å²) in [6.07, 6.45) is 2.29. The van der Waals surface area contributed by atoms with Crippen LogP contribution in [0, 0.1) is 17.8 Å². The summed E-state index contributed by atoms with van der Waals surface area (Å²) in [5.41, 5.74) is 1.74. The molecule has 4 rings (SSSR count). The van der Waals surface area contributed by atoms with Crippen LogP contribution >= 0.6 is 12.4 Å². The van der Waals surface area contributed by atoms with Crippen LogP contribution in [-0.4, -0.2) is 46.8 Å². The van der Waals surface area contributed by atoms with E-state index in [1.54, 1.807) is 12.1 Å². The van der Waals surface area contributed by atoms with E-state index in [9.17, 15) is 4.79 Å². The van der Waals surface area contributed by atoms with Crippen molar-refractivity contribution in [3.63, 3.8) is 0 Å². The predicted octanol–water partition coefficient (Wildman–Crippen LogP) is 2.90. The zero-order valence-corrected chi connectivity index (χ0v) is 15.6. The Morgan fingerprint density at radius 1 is 1.22 bits per heavy atom. The van der Waals surface area contributed by atoms with Gasteiger partial charge in [0.05, 0.1) is 6.61 Å². The number of piperidine rings is 1. The number of ether oxygens (including phenoxy) is 1. The Balaban J connectivity index is 0.00000210. The van der Waals surface area contributed by atoms with E-state index in [1.165, 1.54) is 11.8 Å². The van der Waals surface area contributed by atoms with Crippen LogP contribution < -0.4 is 4.74 Å². The first-order valence-corrected chi connectivity index (χ1v) is 8.81. The van der Waals surface area contributed by atoms with Gasteiger partial charge >= 0.3 is 0 Å². The molecule has 0 amide bonds. The van der Waals surface area contributed by atoms with Gasteiger partial charge in [0.2, 0.25) is 11.7 Å². The van der Waals surface area contributed by atoms with Gasteiger partial charge in [-0.1, -0.05) is 35.5 Å². The molecule has 1 N–H and O–H groups in total. The molecule has 1 saturated heterocycles. The molecule has 2 fully saturated rings. The molecule has 7 heteroatoms. The maximum atomic E-state index is 11.5. The maximum Gasteiger partial charge on any atom is 0.213 e. The van der Waals surface area contributed by atoms with Crippen molar-refractivity contribution in [2.45, 2.75) is 6.54 Å². The predicted molar refractivity (Wildman–Crippen MR) is 104 cm³/mol. The smallest absolute Gasteiger partial charge is 0.213 e. The molecule has 142 valence electrons. The molecule has 1 aromatic carbocycles. The fourth-order valence-electron chi connectivity index (χ4n) is 3.87. The average molecular weight is 388 g/mol. The van der Waals surface area contributed by atoms with Crippen LogP contribution in [0.5, 0.6) is 5.88 Å². The number of Topliss-reactive ketones (excluding diaryl/α,β-unsaturated/α-hetero) is 1. The molecule has 27 heavy (non-hydrogen) atoms. The molecule has 2 aliphatic rings. The highest BCUT2D eigenvalue weighted by Gasteiger charge is 2.55. The summed E-state index contributed by atoms with van der Waals surface area (Å²) in [4.78, 5) is 18.2. The zero-order valence-electron chi connectivity index (χ0n) is 14.8. The van der Waals surface area contributed by atoms with Gasteiger partial charge in [-0.3, -0.25) is 9.69 Å². The molecule has 1 saturated carbocycles. The molecule has 1 aliphatic carbocycles. The van der Waals surface area contributed by atoms with Crippen molar-refractivity contribution >= 4 is 24.4 Å². The second-order valence-electron chi connectivity index (χ2n) is 6.98. The number of oxime groups is 1. The highest BCUT2D eigenvalue weighted by Crippen LogP contribution is 2.51. The standard InChI is InChI=1S/C20H21N3O3.ClH/c24-19(9-22-25)15-6-7-20(21-8-15)26-13-18-16-11-23(12-17(16)18)10-14-4-2-1-3-5-14;/h1-9,16-18,25H,10-13H2;1H/b22-9+;/t16-,17+,18+;. The number of benzene rings is 1. The molecule has 1 aromatic heterocycles. The minimum absolute atomic E-state index is 0. The molecular weight excluding hydrogens is 366 g/mol. The number of pyridine rings is 1. The van der Waals surface area contributed by atoms with Crippen LogP contribution in [0.15, 0.2) is 53.8 Å². The first-order valence-electron chi connectivity index (χ1n) is 8.81. The fourth-order valence-corrected chi connectivity index (χ4v) is 3.87. The third kappa shape index (κ3) is 4.46. The minimum Gasteiger partial charge on any atom is -0.477 e. The van der Waals surface area contributed by atoms with Crippen molar-refractivity contribution in [3.05, 3.63) is 59.8 Å². The van der Waals surface area contributed by atoms with Gasteiger partial charge in [0.15, 0.2) is 0 Å². The number of hydrogen-bond donors (Lipinski definition) is 1. The summed E-state index contributed by atoms with van der Waals surface area (Å²) in [7, 11) is 0. The van der Waals surface area contributed by atoms with Gasteiger partial charge < -0.3 is 9.94 Å². The molecule has 0 bridgehead atoms. The molecule has 2 aromatic rings. The highest BCUT2D eigenvalue weighted by molar-refractivity contribution is 6.35. The molecular formula is C20H22ClN3O3. The lowest BCUT2D eigenvalue weighted by atomic mass is 10.2. The summed E-state index contributed by atoms with van der Waals surface area (Å²) < 4.78 is 5.79. The quantitative estimate of drug-likeness (QED) is 0.342. The van der Waals surface area contributed by atoms with E-state index in [0.29, 0.717) is 24.0 Å². The van der Waals surface area contributed by atoms with Gasteiger partial charge in [-0.2, -0.15) is 0 Å². The third-order valence-corrected chi connectivity index (χ3v) is 5.32. The summed E-state index contributed by atoms with van der Waals surface area (Å²) in [5, 5.41) is 11.1. The third-order valence-electron chi connectivity index (χ3n) is 5.32. The van der Waals surface area contributed by atoms with E-state index in [2.05, 4.69) is 45.4 Å². The Morgan fingerprint density at radius 3 is 2.59 bits per heavy atom. The number of nitrogens with zero attached hydrogens (tertiary/aromatic N) is 3. The minimum atomic E-state index is -0.387. The van der Waals surface area contributed by atoms with Crippen molar-refractivity contribution in [2.24, 2.45) is 22.9 Å². The molecule has 0 spiro atoms. The lowest BCUT2D eigenvalue weighted by molar-refractivity contribution is 0.106. The Bertz CT molecular complexity index is 786. The molecule has 3 atom stereocenters. The van der Waals surface area contributed by atoms with Crippen LogP contribution in [-0.2, 0) is 6.54 Å². The second kappa shape index (κ2) is 8.50. The van der Waals surface area contributed by atoms with E-state index in [-0.39, 0.29) is 18.2 Å². The number of aromatic nitrogens is 1. The van der Waals surface area contributed by atoms with Crippen LogP contribution in [0.1, 0.15) is 15.9 Å². The van der Waals surface area contributed by atoms with E-state index < -0.39 is 0 Å². The van der Waals surface area contributed by atoms with E-state index >= 15 is 0 Å².